The molecule has 2 heterocycles. The summed E-state index contributed by atoms with van der Waals surface area (Å²) in [6.45, 7) is 2.14. The maximum Gasteiger partial charge on any atom is 0.118 e. The van der Waals surface area contributed by atoms with Crippen LogP contribution in [0, 0.1) is 6.92 Å². The Kier molecular flexibility index (Phi) is 4.55. The van der Waals surface area contributed by atoms with Gasteiger partial charge in [-0.05, 0) is 59.8 Å². The Balaban J connectivity index is 1.78. The first-order valence-corrected chi connectivity index (χ1v) is 9.93. The van der Waals surface area contributed by atoms with Gasteiger partial charge < -0.3 is 10.1 Å². The summed E-state index contributed by atoms with van der Waals surface area (Å²) < 4.78 is 5.30. The number of benzene rings is 2. The van der Waals surface area contributed by atoms with Crippen molar-refractivity contribution < 1.29 is 4.74 Å². The fraction of sp³-hybridized carbons (Fsp3) is 0.143. The predicted molar refractivity (Wildman–Crippen MR) is 109 cm³/mol. The van der Waals surface area contributed by atoms with Crippen molar-refractivity contribution in [3.63, 3.8) is 0 Å². The van der Waals surface area contributed by atoms with E-state index in [4.69, 9.17) is 4.74 Å². The minimum Gasteiger partial charge on any atom is -0.497 e. The van der Waals surface area contributed by atoms with Crippen molar-refractivity contribution >= 4 is 34.5 Å². The first-order valence-electron chi connectivity index (χ1n) is 8.17. The van der Waals surface area contributed by atoms with E-state index in [-0.39, 0.29) is 5.25 Å². The van der Waals surface area contributed by atoms with E-state index in [2.05, 4.69) is 66.2 Å². The SMILES string of the molecule is COc1ccc(C2C=C(c3cccs3)Nc3ccc(C)cc3S2)cc1. The molecule has 0 bridgehead atoms. The third-order valence-electron chi connectivity index (χ3n) is 4.21. The van der Waals surface area contributed by atoms with Crippen molar-refractivity contribution in [3.8, 4) is 5.75 Å². The van der Waals surface area contributed by atoms with Gasteiger partial charge in [0.25, 0.3) is 0 Å². The molecule has 4 rings (SSSR count). The van der Waals surface area contributed by atoms with Crippen LogP contribution < -0.4 is 10.1 Å². The average Bonchev–Trinajstić information content (AvgIpc) is 3.10. The Morgan fingerprint density at radius 2 is 1.88 bits per heavy atom. The third kappa shape index (κ3) is 3.46. The fourth-order valence-corrected chi connectivity index (χ4v) is 4.85. The van der Waals surface area contributed by atoms with E-state index in [0.717, 1.165) is 5.75 Å². The van der Waals surface area contributed by atoms with E-state index in [0.29, 0.717) is 0 Å². The van der Waals surface area contributed by atoms with Crippen LogP contribution in [-0.2, 0) is 0 Å². The van der Waals surface area contributed by atoms with Crippen LogP contribution in [0.2, 0.25) is 0 Å². The van der Waals surface area contributed by atoms with Crippen LogP contribution in [0.5, 0.6) is 5.75 Å². The molecule has 2 aromatic carbocycles. The lowest BCUT2D eigenvalue weighted by Crippen LogP contribution is -1.97. The summed E-state index contributed by atoms with van der Waals surface area (Å²) in [5.41, 5.74) is 4.90. The minimum absolute atomic E-state index is 0.249. The molecule has 1 aliphatic rings. The molecule has 2 nitrogen and oxygen atoms in total. The molecule has 1 N–H and O–H groups in total. The lowest BCUT2D eigenvalue weighted by Gasteiger charge is -2.13. The fourth-order valence-electron chi connectivity index (χ4n) is 2.87. The molecule has 0 spiro atoms. The van der Waals surface area contributed by atoms with E-state index < -0.39 is 0 Å². The zero-order valence-corrected chi connectivity index (χ0v) is 15.8. The van der Waals surface area contributed by atoms with E-state index >= 15 is 0 Å². The topological polar surface area (TPSA) is 21.3 Å². The van der Waals surface area contributed by atoms with E-state index in [1.807, 2.05) is 23.9 Å². The monoisotopic (exact) mass is 365 g/mol. The molecule has 1 unspecified atom stereocenters. The molecule has 0 aliphatic carbocycles. The number of aryl methyl sites for hydroxylation is 1. The van der Waals surface area contributed by atoms with Crippen LogP contribution >= 0.6 is 23.1 Å². The number of anilines is 1. The molecule has 3 aromatic rings. The molecule has 126 valence electrons. The molecular formula is C21H19NOS2. The van der Waals surface area contributed by atoms with Crippen molar-refractivity contribution in [2.75, 3.05) is 12.4 Å². The van der Waals surface area contributed by atoms with Crippen LogP contribution in [0.15, 0.2) is 70.9 Å². The summed E-state index contributed by atoms with van der Waals surface area (Å²) in [6, 6.07) is 19.2. The Hall–Kier alpha value is -2.17. The molecule has 0 fully saturated rings. The third-order valence-corrected chi connectivity index (χ3v) is 6.37. The van der Waals surface area contributed by atoms with Gasteiger partial charge >= 0.3 is 0 Å². The molecule has 4 heteroatoms. The van der Waals surface area contributed by atoms with Crippen molar-refractivity contribution in [3.05, 3.63) is 82.1 Å². The molecule has 0 saturated heterocycles. The largest absolute Gasteiger partial charge is 0.497 e. The van der Waals surface area contributed by atoms with Crippen LogP contribution in [0.1, 0.15) is 21.3 Å². The quantitative estimate of drug-likeness (QED) is 0.583. The number of hydrogen-bond acceptors (Lipinski definition) is 4. The van der Waals surface area contributed by atoms with E-state index in [1.54, 1.807) is 18.4 Å². The summed E-state index contributed by atoms with van der Waals surface area (Å²) in [5.74, 6) is 0.888. The Labute approximate surface area is 156 Å². The Morgan fingerprint density at radius 1 is 1.04 bits per heavy atom. The van der Waals surface area contributed by atoms with Gasteiger partial charge in [0.15, 0.2) is 0 Å². The maximum absolute atomic E-state index is 5.30. The predicted octanol–water partition coefficient (Wildman–Crippen LogP) is 6.37. The highest BCUT2D eigenvalue weighted by Gasteiger charge is 2.20. The van der Waals surface area contributed by atoms with Gasteiger partial charge in [0.05, 0.1) is 28.6 Å². The molecule has 0 amide bonds. The summed E-state index contributed by atoms with van der Waals surface area (Å²) in [6.07, 6.45) is 2.33. The minimum atomic E-state index is 0.249. The second-order valence-corrected chi connectivity index (χ2v) is 8.12. The standard InChI is InChI=1S/C21H19NOS2/c1-14-5-10-17-21(12-14)25-20(15-6-8-16(23-2)9-7-15)13-18(22-17)19-4-3-11-24-19/h3-13,20,22H,1-2H3. The van der Waals surface area contributed by atoms with Crippen molar-refractivity contribution in [1.29, 1.82) is 0 Å². The van der Waals surface area contributed by atoms with E-state index in [9.17, 15) is 0 Å². The number of rotatable bonds is 3. The van der Waals surface area contributed by atoms with Crippen molar-refractivity contribution in [2.24, 2.45) is 0 Å². The second-order valence-electron chi connectivity index (χ2n) is 5.99. The number of thiophene rings is 1. The summed E-state index contributed by atoms with van der Waals surface area (Å²) in [7, 11) is 1.70. The number of hydrogen-bond donors (Lipinski definition) is 1. The summed E-state index contributed by atoms with van der Waals surface area (Å²) >= 11 is 3.64. The van der Waals surface area contributed by atoms with Gasteiger partial charge in [-0.3, -0.25) is 0 Å². The van der Waals surface area contributed by atoms with Gasteiger partial charge in [0.1, 0.15) is 5.75 Å². The summed E-state index contributed by atoms with van der Waals surface area (Å²) in [4.78, 5) is 2.54. The van der Waals surface area contributed by atoms with E-state index in [1.165, 1.54) is 32.3 Å². The molecule has 1 aromatic heterocycles. The van der Waals surface area contributed by atoms with Crippen molar-refractivity contribution in [2.45, 2.75) is 17.1 Å². The highest BCUT2D eigenvalue weighted by atomic mass is 32.2. The zero-order chi connectivity index (χ0) is 17.2. The lowest BCUT2D eigenvalue weighted by atomic mass is 10.1. The van der Waals surface area contributed by atoms with Gasteiger partial charge in [-0.1, -0.05) is 24.3 Å². The van der Waals surface area contributed by atoms with Crippen LogP contribution in [-0.4, -0.2) is 7.11 Å². The van der Waals surface area contributed by atoms with Crippen LogP contribution in [0.25, 0.3) is 5.70 Å². The smallest absolute Gasteiger partial charge is 0.118 e. The lowest BCUT2D eigenvalue weighted by molar-refractivity contribution is 0.414. The highest BCUT2D eigenvalue weighted by molar-refractivity contribution is 7.99. The molecular weight excluding hydrogens is 346 g/mol. The number of fused-ring (bicyclic) bond motifs is 1. The molecule has 25 heavy (non-hydrogen) atoms. The maximum atomic E-state index is 5.30. The highest BCUT2D eigenvalue weighted by Crippen LogP contribution is 2.45. The second kappa shape index (κ2) is 6.98. The van der Waals surface area contributed by atoms with Gasteiger partial charge in [0, 0.05) is 4.90 Å². The molecule has 1 aliphatic heterocycles. The van der Waals surface area contributed by atoms with Crippen LogP contribution in [0.4, 0.5) is 5.69 Å². The average molecular weight is 366 g/mol. The normalized spacial score (nSPS) is 16.4. The first kappa shape index (κ1) is 16.3. The Morgan fingerprint density at radius 3 is 2.60 bits per heavy atom. The molecule has 1 atom stereocenters. The number of methoxy groups -OCH3 is 1. The number of thioether (sulfide) groups is 1. The molecule has 0 radical (unpaired) electrons. The van der Waals surface area contributed by atoms with Gasteiger partial charge in [-0.25, -0.2) is 0 Å². The van der Waals surface area contributed by atoms with Gasteiger partial charge in [-0.2, -0.15) is 0 Å². The molecule has 0 saturated carbocycles. The zero-order valence-electron chi connectivity index (χ0n) is 14.2. The summed E-state index contributed by atoms with van der Waals surface area (Å²) in [5, 5.41) is 6.01. The Bertz CT molecular complexity index is 898. The van der Waals surface area contributed by atoms with Gasteiger partial charge in [0.2, 0.25) is 0 Å². The number of nitrogens with one attached hydrogen (secondary N) is 1. The first-order chi connectivity index (χ1) is 12.2. The number of ether oxygens (including phenoxy) is 1. The van der Waals surface area contributed by atoms with Gasteiger partial charge in [-0.15, -0.1) is 23.1 Å². The van der Waals surface area contributed by atoms with Crippen LogP contribution in [0.3, 0.4) is 0 Å². The van der Waals surface area contributed by atoms with Crippen molar-refractivity contribution in [1.82, 2.24) is 0 Å².